The highest BCUT2D eigenvalue weighted by Gasteiger charge is 2.24. The summed E-state index contributed by atoms with van der Waals surface area (Å²) < 4.78 is 11.7. The second kappa shape index (κ2) is 24.8. The van der Waals surface area contributed by atoms with E-state index < -0.39 is 0 Å². The number of nitrogens with zero attached hydrogens (tertiary/aromatic N) is 8. The molecule has 2 aromatic carbocycles. The predicted molar refractivity (Wildman–Crippen MR) is 269 cm³/mol. The molecular weight excluding hydrogens is 941 g/mol. The largest absolute Gasteiger partial charge is 0.379 e. The number of hydrogen-bond donors (Lipinski definition) is 2. The van der Waals surface area contributed by atoms with Gasteiger partial charge in [-0.1, -0.05) is 55.1 Å². The van der Waals surface area contributed by atoms with Crippen molar-refractivity contribution in [3.8, 4) is 0 Å². The van der Waals surface area contributed by atoms with Gasteiger partial charge in [-0.05, 0) is 80.9 Å². The first-order valence-corrected chi connectivity index (χ1v) is 24.7. The minimum Gasteiger partial charge on any atom is -0.379 e. The normalized spacial score (nSPS) is 18.9. The topological polar surface area (TPSA) is 156 Å². The lowest BCUT2D eigenvalue weighted by Gasteiger charge is -2.29. The third kappa shape index (κ3) is 14.4. The molecule has 2 aromatic heterocycles. The molecule has 0 aliphatic carbocycles. The van der Waals surface area contributed by atoms with Crippen LogP contribution in [0.15, 0.2) is 96.3 Å². The van der Waals surface area contributed by atoms with Gasteiger partial charge in [0.15, 0.2) is 0 Å². The van der Waals surface area contributed by atoms with E-state index in [1.165, 1.54) is 28.3 Å². The van der Waals surface area contributed by atoms with Crippen LogP contribution in [-0.2, 0) is 67.7 Å². The van der Waals surface area contributed by atoms with Crippen LogP contribution in [0.25, 0.3) is 6.08 Å². The number of morpholine rings is 2. The number of halogens is 1. The molecular formula is C52H63BrN10O6. The molecule has 10 rings (SSSR count). The maximum atomic E-state index is 12.8. The van der Waals surface area contributed by atoms with Gasteiger partial charge in [0.25, 0.3) is 0 Å². The van der Waals surface area contributed by atoms with Crippen molar-refractivity contribution in [2.24, 2.45) is 0 Å². The maximum Gasteiger partial charge on any atom is 0.246 e. The molecule has 6 aliphatic heterocycles. The van der Waals surface area contributed by atoms with Crippen molar-refractivity contribution in [3.05, 3.63) is 135 Å². The van der Waals surface area contributed by atoms with Crippen LogP contribution < -0.4 is 10.6 Å². The van der Waals surface area contributed by atoms with Gasteiger partial charge in [0.05, 0.1) is 39.5 Å². The average molecular weight is 1000 g/mol. The van der Waals surface area contributed by atoms with E-state index in [9.17, 15) is 19.2 Å². The molecule has 0 spiro atoms. The van der Waals surface area contributed by atoms with Crippen molar-refractivity contribution in [3.63, 3.8) is 0 Å². The van der Waals surface area contributed by atoms with Gasteiger partial charge in [0.2, 0.25) is 23.6 Å². The molecule has 2 N–H and O–H groups in total. The summed E-state index contributed by atoms with van der Waals surface area (Å²) >= 11 is 3.44. The number of amides is 4. The summed E-state index contributed by atoms with van der Waals surface area (Å²) in [5.41, 5.74) is 8.04. The molecule has 2 saturated heterocycles. The summed E-state index contributed by atoms with van der Waals surface area (Å²) in [6.45, 7) is 19.1. The number of fused-ring (bicyclic) bond motifs is 4. The highest BCUT2D eigenvalue weighted by Crippen LogP contribution is 2.24. The molecule has 69 heavy (non-hydrogen) atoms. The van der Waals surface area contributed by atoms with Crippen molar-refractivity contribution in [1.82, 2.24) is 39.4 Å². The zero-order valence-corrected chi connectivity index (χ0v) is 40.9. The Morgan fingerprint density at radius 3 is 1.57 bits per heavy atom. The number of carbonyl (C=O) groups is 4. The van der Waals surface area contributed by atoms with Crippen LogP contribution in [0.3, 0.4) is 0 Å². The van der Waals surface area contributed by atoms with Gasteiger partial charge in [-0.25, -0.2) is 9.97 Å². The maximum absolute atomic E-state index is 12.8. The van der Waals surface area contributed by atoms with Gasteiger partial charge in [-0.15, -0.1) is 0 Å². The number of ether oxygens (including phenoxy) is 2. The number of benzene rings is 2. The van der Waals surface area contributed by atoms with Gasteiger partial charge in [-0.2, -0.15) is 0 Å². The Kier molecular flexibility index (Phi) is 17.8. The van der Waals surface area contributed by atoms with Crippen LogP contribution in [0.5, 0.6) is 0 Å². The Bertz CT molecular complexity index is 2480. The Morgan fingerprint density at radius 1 is 0.580 bits per heavy atom. The predicted octanol–water partition coefficient (Wildman–Crippen LogP) is 4.45. The molecule has 0 radical (unpaired) electrons. The molecule has 8 heterocycles. The zero-order valence-electron chi connectivity index (χ0n) is 39.3. The van der Waals surface area contributed by atoms with E-state index >= 15 is 0 Å². The monoisotopic (exact) mass is 1000 g/mol. The third-order valence-electron chi connectivity index (χ3n) is 13.1. The quantitative estimate of drug-likeness (QED) is 0.228. The number of pyridine rings is 2. The first-order chi connectivity index (χ1) is 33.6. The van der Waals surface area contributed by atoms with Crippen LogP contribution in [0.2, 0.25) is 0 Å². The Balaban J connectivity index is 0.000000155. The molecule has 0 unspecified atom stereocenters. The molecule has 0 bridgehead atoms. The number of hydrogen-bond acceptors (Lipinski definition) is 12. The van der Waals surface area contributed by atoms with Crippen molar-refractivity contribution < 1.29 is 28.7 Å². The zero-order chi connectivity index (χ0) is 48.0. The summed E-state index contributed by atoms with van der Waals surface area (Å²) in [4.78, 5) is 70.1. The molecule has 364 valence electrons. The van der Waals surface area contributed by atoms with E-state index in [1.807, 2.05) is 52.3 Å². The van der Waals surface area contributed by atoms with Crippen LogP contribution >= 0.6 is 15.9 Å². The van der Waals surface area contributed by atoms with Gasteiger partial charge < -0.3 is 29.9 Å². The lowest BCUT2D eigenvalue weighted by atomic mass is 10.00. The SMILES string of the molecule is C=CC(=O)N1CCc2ccccc2C1.O=C1CN(CCN2CCOCC2)Cc2cc(/C=C/C(=O)N3CCc4ccccc4C3)cnc2N1.O=C1CN(CCN2CCOCC2)Cc2cc(Br)cnc2N1. The standard InChI is InChI=1S/C26H31N5O3.C14H19BrN4O2.C12H13NO/c32-24-19-30(10-9-29-11-13-34-14-12-29)17-23-15-20(16-27-26(23)28-24)5-6-25(33)31-8-7-21-3-1-2-4-22(21)18-31;15-12-7-11-9-19(2-1-18-3-5-21-6-4-18)10-13(20)17-14(11)16-8-12;1-2-12(14)13-8-7-10-5-3-4-6-11(10)9-13/h1-6,15-16H,7-14,17-19H2,(H,27,28,32);7-8H,1-6,9-10H2,(H,16,17,20);2-6H,1,7-9H2/b6-5+;;. The highest BCUT2D eigenvalue weighted by molar-refractivity contribution is 9.10. The lowest BCUT2D eigenvalue weighted by molar-refractivity contribution is -0.127. The first-order valence-electron chi connectivity index (χ1n) is 24.0. The minimum absolute atomic E-state index is 0.00452. The molecule has 6 aliphatic rings. The molecule has 16 nitrogen and oxygen atoms in total. The fourth-order valence-corrected chi connectivity index (χ4v) is 9.59. The van der Waals surface area contributed by atoms with Crippen LogP contribution in [-0.4, -0.2) is 168 Å². The van der Waals surface area contributed by atoms with Crippen molar-refractivity contribution in [2.45, 2.75) is 39.0 Å². The van der Waals surface area contributed by atoms with E-state index in [2.05, 4.69) is 87.0 Å². The van der Waals surface area contributed by atoms with Gasteiger partial charge in [0.1, 0.15) is 11.6 Å². The van der Waals surface area contributed by atoms with Crippen molar-refractivity contribution >= 4 is 57.3 Å². The summed E-state index contributed by atoms with van der Waals surface area (Å²) in [6, 6.07) is 20.6. The van der Waals surface area contributed by atoms with E-state index in [0.717, 1.165) is 139 Å². The van der Waals surface area contributed by atoms with Crippen LogP contribution in [0.4, 0.5) is 11.6 Å². The molecule has 4 aromatic rings. The minimum atomic E-state index is -0.0444. The molecule has 2 fully saturated rings. The molecule has 0 saturated carbocycles. The molecule has 4 amide bonds. The molecule has 0 atom stereocenters. The first kappa shape index (κ1) is 49.8. The number of rotatable bonds is 9. The Hall–Kier alpha value is -5.66. The van der Waals surface area contributed by atoms with E-state index in [0.29, 0.717) is 37.8 Å². The average Bonchev–Trinajstić information content (AvgIpc) is 3.65. The van der Waals surface area contributed by atoms with Gasteiger partial charge >= 0.3 is 0 Å². The second-order valence-corrected chi connectivity index (χ2v) is 18.9. The highest BCUT2D eigenvalue weighted by atomic mass is 79.9. The smallest absolute Gasteiger partial charge is 0.246 e. The van der Waals surface area contributed by atoms with E-state index in [-0.39, 0.29) is 23.6 Å². The number of nitrogens with one attached hydrogen (secondary N) is 2. The summed E-state index contributed by atoms with van der Waals surface area (Å²) in [5, 5.41) is 5.79. The van der Waals surface area contributed by atoms with Crippen molar-refractivity contribution in [1.29, 1.82) is 0 Å². The summed E-state index contributed by atoms with van der Waals surface area (Å²) in [7, 11) is 0. The summed E-state index contributed by atoms with van der Waals surface area (Å²) in [5.74, 6) is 1.28. The van der Waals surface area contributed by atoms with E-state index in [1.54, 1.807) is 18.5 Å². The Labute approximate surface area is 413 Å². The third-order valence-corrected chi connectivity index (χ3v) is 13.5. The lowest BCUT2D eigenvalue weighted by Crippen LogP contribution is -2.42. The summed E-state index contributed by atoms with van der Waals surface area (Å²) in [6.07, 6.45) is 10.1. The number of aromatic nitrogens is 2. The van der Waals surface area contributed by atoms with Gasteiger partial charge in [-0.3, -0.25) is 38.8 Å². The molecule has 17 heteroatoms. The van der Waals surface area contributed by atoms with Crippen LogP contribution in [0.1, 0.15) is 38.9 Å². The number of anilines is 2. The van der Waals surface area contributed by atoms with Gasteiger partial charge in [0, 0.05) is 126 Å². The van der Waals surface area contributed by atoms with E-state index in [4.69, 9.17) is 9.47 Å². The fraction of sp³-hybridized carbons (Fsp3) is 0.423. The second-order valence-electron chi connectivity index (χ2n) is 18.0. The van der Waals surface area contributed by atoms with Crippen LogP contribution in [0, 0.1) is 0 Å². The number of carbonyl (C=O) groups excluding carboxylic acids is 4. The van der Waals surface area contributed by atoms with Crippen molar-refractivity contribution in [2.75, 3.05) is 116 Å². The fourth-order valence-electron chi connectivity index (χ4n) is 9.21. The Morgan fingerprint density at radius 2 is 1.04 bits per heavy atom.